The van der Waals surface area contributed by atoms with Crippen LogP contribution in [0.1, 0.15) is 44.4 Å². The van der Waals surface area contributed by atoms with E-state index in [4.69, 9.17) is 10.5 Å². The van der Waals surface area contributed by atoms with Gasteiger partial charge in [-0.25, -0.2) is 0 Å². The van der Waals surface area contributed by atoms with E-state index in [1.807, 2.05) is 25.1 Å². The lowest BCUT2D eigenvalue weighted by atomic mass is 9.85. The van der Waals surface area contributed by atoms with Gasteiger partial charge in [-0.15, -0.1) is 0 Å². The molecule has 2 nitrogen and oxygen atoms in total. The molecule has 0 fully saturated rings. The third kappa shape index (κ3) is 3.57. The van der Waals surface area contributed by atoms with Gasteiger partial charge in [0.2, 0.25) is 0 Å². The third-order valence-electron chi connectivity index (χ3n) is 3.73. The lowest BCUT2D eigenvalue weighted by Crippen LogP contribution is -2.13. The van der Waals surface area contributed by atoms with Crippen molar-refractivity contribution in [3.8, 4) is 11.5 Å². The van der Waals surface area contributed by atoms with E-state index in [0.717, 1.165) is 29.2 Å². The standard InChI is InChI=1S/C19H25NO/c1-6-14-7-10-18(16(12-14)19(3,4)5)21-15-8-9-17(20)13(2)11-15/h7-12H,6,20H2,1-5H3. The van der Waals surface area contributed by atoms with Crippen molar-refractivity contribution in [2.75, 3.05) is 5.73 Å². The fraction of sp³-hybridized carbons (Fsp3) is 0.368. The van der Waals surface area contributed by atoms with Crippen LogP contribution in [0.4, 0.5) is 5.69 Å². The predicted octanol–water partition coefficient (Wildman–Crippen LogP) is 5.23. The summed E-state index contributed by atoms with van der Waals surface area (Å²) in [6.07, 6.45) is 1.03. The largest absolute Gasteiger partial charge is 0.457 e. The summed E-state index contributed by atoms with van der Waals surface area (Å²) in [5, 5.41) is 0. The smallest absolute Gasteiger partial charge is 0.131 e. The van der Waals surface area contributed by atoms with Crippen LogP contribution in [0.15, 0.2) is 36.4 Å². The van der Waals surface area contributed by atoms with Gasteiger partial charge in [0.05, 0.1) is 0 Å². The van der Waals surface area contributed by atoms with E-state index in [2.05, 4.69) is 45.9 Å². The summed E-state index contributed by atoms with van der Waals surface area (Å²) in [7, 11) is 0. The Balaban J connectivity index is 2.41. The van der Waals surface area contributed by atoms with Crippen molar-refractivity contribution < 1.29 is 4.74 Å². The van der Waals surface area contributed by atoms with Crippen LogP contribution < -0.4 is 10.5 Å². The molecule has 112 valence electrons. The van der Waals surface area contributed by atoms with Gasteiger partial charge in [-0.05, 0) is 54.2 Å². The van der Waals surface area contributed by atoms with Crippen LogP contribution in [0.25, 0.3) is 0 Å². The van der Waals surface area contributed by atoms with Crippen molar-refractivity contribution >= 4 is 5.69 Å². The molecule has 0 saturated carbocycles. The number of hydrogen-bond acceptors (Lipinski definition) is 2. The molecule has 0 heterocycles. The molecule has 21 heavy (non-hydrogen) atoms. The van der Waals surface area contributed by atoms with Gasteiger partial charge >= 0.3 is 0 Å². The summed E-state index contributed by atoms with van der Waals surface area (Å²) >= 11 is 0. The molecule has 0 spiro atoms. The lowest BCUT2D eigenvalue weighted by molar-refractivity contribution is 0.454. The zero-order chi connectivity index (χ0) is 15.6. The SMILES string of the molecule is CCc1ccc(Oc2ccc(N)c(C)c2)c(C(C)(C)C)c1. The van der Waals surface area contributed by atoms with Gasteiger partial charge in [0.15, 0.2) is 0 Å². The second kappa shape index (κ2) is 5.80. The Morgan fingerprint density at radius 1 is 1.05 bits per heavy atom. The van der Waals surface area contributed by atoms with Crippen LogP contribution in [0, 0.1) is 6.92 Å². The van der Waals surface area contributed by atoms with Crippen LogP contribution in [0.2, 0.25) is 0 Å². The molecule has 2 aromatic rings. The Hall–Kier alpha value is -1.96. The van der Waals surface area contributed by atoms with E-state index >= 15 is 0 Å². The average molecular weight is 283 g/mol. The highest BCUT2D eigenvalue weighted by atomic mass is 16.5. The fourth-order valence-corrected chi connectivity index (χ4v) is 2.31. The van der Waals surface area contributed by atoms with Gasteiger partial charge in [0, 0.05) is 11.3 Å². The van der Waals surface area contributed by atoms with Crippen molar-refractivity contribution in [2.45, 2.75) is 46.5 Å². The monoisotopic (exact) mass is 283 g/mol. The summed E-state index contributed by atoms with van der Waals surface area (Å²) < 4.78 is 6.12. The predicted molar refractivity (Wildman–Crippen MR) is 90.2 cm³/mol. The second-order valence-corrected chi connectivity index (χ2v) is 6.55. The molecule has 0 unspecified atom stereocenters. The molecular weight excluding hydrogens is 258 g/mol. The first-order valence-corrected chi connectivity index (χ1v) is 7.48. The van der Waals surface area contributed by atoms with Gasteiger partial charge in [0.25, 0.3) is 0 Å². The van der Waals surface area contributed by atoms with Gasteiger partial charge in [-0.2, -0.15) is 0 Å². The summed E-state index contributed by atoms with van der Waals surface area (Å²) in [5.41, 5.74) is 10.3. The molecule has 0 radical (unpaired) electrons. The van der Waals surface area contributed by atoms with E-state index in [1.54, 1.807) is 0 Å². The Morgan fingerprint density at radius 3 is 2.33 bits per heavy atom. The second-order valence-electron chi connectivity index (χ2n) is 6.55. The van der Waals surface area contributed by atoms with Gasteiger partial charge in [0.1, 0.15) is 11.5 Å². The maximum Gasteiger partial charge on any atom is 0.131 e. The van der Waals surface area contributed by atoms with Crippen LogP contribution in [0.5, 0.6) is 11.5 Å². The van der Waals surface area contributed by atoms with E-state index in [1.165, 1.54) is 11.1 Å². The number of anilines is 1. The Morgan fingerprint density at radius 2 is 1.76 bits per heavy atom. The molecule has 0 aliphatic carbocycles. The first-order valence-electron chi connectivity index (χ1n) is 7.48. The van der Waals surface area contributed by atoms with Gasteiger partial charge in [-0.3, -0.25) is 0 Å². The molecular formula is C19H25NO. The normalized spacial score (nSPS) is 11.5. The minimum absolute atomic E-state index is 0.0450. The Labute approximate surface area is 127 Å². The van der Waals surface area contributed by atoms with Crippen molar-refractivity contribution in [3.63, 3.8) is 0 Å². The van der Waals surface area contributed by atoms with Crippen LogP contribution >= 0.6 is 0 Å². The Kier molecular flexibility index (Phi) is 4.26. The minimum Gasteiger partial charge on any atom is -0.457 e. The van der Waals surface area contributed by atoms with Crippen molar-refractivity contribution in [1.82, 2.24) is 0 Å². The summed E-state index contributed by atoms with van der Waals surface area (Å²) in [6, 6.07) is 12.2. The maximum absolute atomic E-state index is 6.12. The van der Waals surface area contributed by atoms with Crippen molar-refractivity contribution in [1.29, 1.82) is 0 Å². The lowest BCUT2D eigenvalue weighted by Gasteiger charge is -2.23. The van der Waals surface area contributed by atoms with Crippen LogP contribution in [-0.4, -0.2) is 0 Å². The first kappa shape index (κ1) is 15.4. The number of rotatable bonds is 3. The van der Waals surface area contributed by atoms with E-state index in [0.29, 0.717) is 0 Å². The molecule has 2 aromatic carbocycles. The highest BCUT2D eigenvalue weighted by molar-refractivity contribution is 5.51. The summed E-state index contributed by atoms with van der Waals surface area (Å²) in [5.74, 6) is 1.75. The molecule has 0 aliphatic rings. The van der Waals surface area contributed by atoms with Crippen molar-refractivity contribution in [2.24, 2.45) is 0 Å². The molecule has 2 heteroatoms. The Bertz CT molecular complexity index is 638. The first-order chi connectivity index (χ1) is 9.81. The molecule has 2 rings (SSSR count). The minimum atomic E-state index is 0.0450. The quantitative estimate of drug-likeness (QED) is 0.783. The van der Waals surface area contributed by atoms with Gasteiger partial charge < -0.3 is 10.5 Å². The molecule has 0 bridgehead atoms. The third-order valence-corrected chi connectivity index (χ3v) is 3.73. The number of nitrogen functional groups attached to an aromatic ring is 1. The van der Waals surface area contributed by atoms with E-state index in [-0.39, 0.29) is 5.41 Å². The summed E-state index contributed by atoms with van der Waals surface area (Å²) in [6.45, 7) is 10.8. The zero-order valence-electron chi connectivity index (χ0n) is 13.7. The highest BCUT2D eigenvalue weighted by Crippen LogP contribution is 2.35. The zero-order valence-corrected chi connectivity index (χ0v) is 13.7. The average Bonchev–Trinajstić information content (AvgIpc) is 2.42. The van der Waals surface area contributed by atoms with Gasteiger partial charge in [-0.1, -0.05) is 39.8 Å². The fourth-order valence-electron chi connectivity index (χ4n) is 2.31. The topological polar surface area (TPSA) is 35.2 Å². The number of ether oxygens (including phenoxy) is 1. The number of aryl methyl sites for hydroxylation is 2. The molecule has 2 N–H and O–H groups in total. The van der Waals surface area contributed by atoms with Crippen LogP contribution in [0.3, 0.4) is 0 Å². The van der Waals surface area contributed by atoms with Crippen molar-refractivity contribution in [3.05, 3.63) is 53.1 Å². The molecule has 0 amide bonds. The number of hydrogen-bond donors (Lipinski definition) is 1. The molecule has 0 aliphatic heterocycles. The van der Waals surface area contributed by atoms with E-state index in [9.17, 15) is 0 Å². The maximum atomic E-state index is 6.12. The molecule has 0 aromatic heterocycles. The number of benzene rings is 2. The van der Waals surface area contributed by atoms with Crippen LogP contribution in [-0.2, 0) is 11.8 Å². The molecule has 0 atom stereocenters. The van der Waals surface area contributed by atoms with E-state index < -0.39 is 0 Å². The molecule has 0 saturated heterocycles. The summed E-state index contributed by atoms with van der Waals surface area (Å²) in [4.78, 5) is 0. The number of nitrogens with two attached hydrogens (primary N) is 1. The highest BCUT2D eigenvalue weighted by Gasteiger charge is 2.20.